The molecule has 3 heterocycles. The molecule has 2 atom stereocenters. The van der Waals surface area contributed by atoms with E-state index in [1.807, 2.05) is 0 Å². The Bertz CT molecular complexity index is 499. The number of aromatic nitrogens is 3. The van der Waals surface area contributed by atoms with Crippen molar-refractivity contribution in [2.45, 2.75) is 38.6 Å². The summed E-state index contributed by atoms with van der Waals surface area (Å²) in [5.74, 6) is 1.57. The highest BCUT2D eigenvalue weighted by Crippen LogP contribution is 2.24. The zero-order chi connectivity index (χ0) is 14.1. The molecule has 6 nitrogen and oxygen atoms in total. The van der Waals surface area contributed by atoms with Gasteiger partial charge in [0.15, 0.2) is 0 Å². The van der Waals surface area contributed by atoms with Gasteiger partial charge in [0.2, 0.25) is 0 Å². The monoisotopic (exact) mass is 278 g/mol. The van der Waals surface area contributed by atoms with Crippen LogP contribution in [0.3, 0.4) is 0 Å². The largest absolute Gasteiger partial charge is 0.481 e. The van der Waals surface area contributed by atoms with Crippen LogP contribution in [0, 0.1) is 11.8 Å². The number of piperidine rings is 1. The van der Waals surface area contributed by atoms with Gasteiger partial charge in [0, 0.05) is 25.9 Å². The first-order chi connectivity index (χ1) is 9.63. The molecule has 1 N–H and O–H groups in total. The first-order valence-corrected chi connectivity index (χ1v) is 7.46. The lowest BCUT2D eigenvalue weighted by Crippen LogP contribution is -2.34. The average molecular weight is 278 g/mol. The van der Waals surface area contributed by atoms with Crippen molar-refractivity contribution in [3.63, 3.8) is 0 Å². The number of rotatable bonds is 3. The molecule has 1 aromatic heterocycles. The van der Waals surface area contributed by atoms with E-state index in [2.05, 4.69) is 26.7 Å². The number of carboxylic acid groups (broad SMARTS) is 1. The summed E-state index contributed by atoms with van der Waals surface area (Å²) in [5.41, 5.74) is 0. The van der Waals surface area contributed by atoms with E-state index in [0.717, 1.165) is 31.0 Å². The van der Waals surface area contributed by atoms with Crippen LogP contribution < -0.4 is 0 Å². The zero-order valence-corrected chi connectivity index (χ0v) is 12.0. The molecule has 2 aliphatic heterocycles. The third-order valence-corrected chi connectivity index (χ3v) is 4.57. The summed E-state index contributed by atoms with van der Waals surface area (Å²) in [5, 5.41) is 17.7. The van der Waals surface area contributed by atoms with Crippen molar-refractivity contribution < 1.29 is 9.90 Å². The van der Waals surface area contributed by atoms with Crippen molar-refractivity contribution in [3.05, 3.63) is 11.6 Å². The maximum atomic E-state index is 11.2. The SMILES string of the molecule is CN1CCCC(Cc2nnc3n2CC(C(=O)O)CC3)C1. The molecule has 0 amide bonds. The van der Waals surface area contributed by atoms with Gasteiger partial charge >= 0.3 is 5.97 Å². The molecule has 0 bridgehead atoms. The molecule has 2 aliphatic rings. The molecule has 110 valence electrons. The number of aryl methyl sites for hydroxylation is 1. The summed E-state index contributed by atoms with van der Waals surface area (Å²) in [7, 11) is 2.16. The Hall–Kier alpha value is -1.43. The quantitative estimate of drug-likeness (QED) is 0.886. The first kappa shape index (κ1) is 13.5. The third kappa shape index (κ3) is 2.70. The van der Waals surface area contributed by atoms with Crippen molar-refractivity contribution >= 4 is 5.97 Å². The average Bonchev–Trinajstić information content (AvgIpc) is 2.81. The van der Waals surface area contributed by atoms with Gasteiger partial charge in [0.1, 0.15) is 11.6 Å². The summed E-state index contributed by atoms with van der Waals surface area (Å²) in [6.07, 6.45) is 4.80. The lowest BCUT2D eigenvalue weighted by Gasteiger charge is -2.30. The van der Waals surface area contributed by atoms with Crippen molar-refractivity contribution in [2.75, 3.05) is 20.1 Å². The van der Waals surface area contributed by atoms with Crippen LogP contribution in [0.1, 0.15) is 30.9 Å². The minimum absolute atomic E-state index is 0.286. The molecule has 1 fully saturated rings. The maximum Gasteiger partial charge on any atom is 0.308 e. The van der Waals surface area contributed by atoms with Gasteiger partial charge < -0.3 is 14.6 Å². The predicted octanol–water partition coefficient (Wildman–Crippen LogP) is 0.809. The van der Waals surface area contributed by atoms with Crippen LogP contribution in [0.25, 0.3) is 0 Å². The Kier molecular flexibility index (Phi) is 3.74. The molecule has 0 aliphatic carbocycles. The van der Waals surface area contributed by atoms with Crippen LogP contribution in [0.5, 0.6) is 0 Å². The fourth-order valence-electron chi connectivity index (χ4n) is 3.43. The van der Waals surface area contributed by atoms with Crippen molar-refractivity contribution in [1.82, 2.24) is 19.7 Å². The van der Waals surface area contributed by atoms with Crippen LogP contribution in [0.15, 0.2) is 0 Å². The Morgan fingerprint density at radius 2 is 2.20 bits per heavy atom. The molecule has 1 saturated heterocycles. The van der Waals surface area contributed by atoms with Gasteiger partial charge in [-0.3, -0.25) is 4.79 Å². The predicted molar refractivity (Wildman–Crippen MR) is 73.4 cm³/mol. The van der Waals surface area contributed by atoms with E-state index in [1.54, 1.807) is 0 Å². The number of hydrogen-bond donors (Lipinski definition) is 1. The van der Waals surface area contributed by atoms with E-state index in [-0.39, 0.29) is 5.92 Å². The summed E-state index contributed by atoms with van der Waals surface area (Å²) in [6, 6.07) is 0. The van der Waals surface area contributed by atoms with Crippen LogP contribution in [-0.4, -0.2) is 50.9 Å². The number of carbonyl (C=O) groups is 1. The van der Waals surface area contributed by atoms with E-state index >= 15 is 0 Å². The summed E-state index contributed by atoms with van der Waals surface area (Å²) in [6.45, 7) is 2.82. The Balaban J connectivity index is 1.72. The molecule has 0 radical (unpaired) electrons. The highest BCUT2D eigenvalue weighted by atomic mass is 16.4. The molecule has 0 aromatic carbocycles. The normalized spacial score (nSPS) is 27.2. The summed E-state index contributed by atoms with van der Waals surface area (Å²) >= 11 is 0. The van der Waals surface area contributed by atoms with Crippen LogP contribution >= 0.6 is 0 Å². The van der Waals surface area contributed by atoms with E-state index in [9.17, 15) is 9.90 Å². The number of fused-ring (bicyclic) bond motifs is 1. The van der Waals surface area contributed by atoms with E-state index in [0.29, 0.717) is 18.9 Å². The lowest BCUT2D eigenvalue weighted by molar-refractivity contribution is -0.142. The van der Waals surface area contributed by atoms with Crippen LogP contribution in [0.2, 0.25) is 0 Å². The van der Waals surface area contributed by atoms with Gasteiger partial charge in [0.05, 0.1) is 5.92 Å². The lowest BCUT2D eigenvalue weighted by atomic mass is 9.94. The van der Waals surface area contributed by atoms with Crippen LogP contribution in [-0.2, 0) is 24.2 Å². The number of aliphatic carboxylic acids is 1. The number of hydrogen-bond acceptors (Lipinski definition) is 4. The maximum absolute atomic E-state index is 11.2. The second-order valence-corrected chi connectivity index (χ2v) is 6.19. The molecule has 20 heavy (non-hydrogen) atoms. The fourth-order valence-corrected chi connectivity index (χ4v) is 3.43. The smallest absolute Gasteiger partial charge is 0.308 e. The van der Waals surface area contributed by atoms with E-state index in [4.69, 9.17) is 0 Å². The highest BCUT2D eigenvalue weighted by Gasteiger charge is 2.28. The Morgan fingerprint density at radius 3 is 2.95 bits per heavy atom. The molecular weight excluding hydrogens is 256 g/mol. The third-order valence-electron chi connectivity index (χ3n) is 4.57. The molecule has 6 heteroatoms. The molecule has 3 rings (SSSR count). The van der Waals surface area contributed by atoms with Gasteiger partial charge in [-0.15, -0.1) is 10.2 Å². The highest BCUT2D eigenvalue weighted by molar-refractivity contribution is 5.70. The standard InChI is InChI=1S/C14H22N4O2/c1-17-6-2-3-10(8-17)7-13-16-15-12-5-4-11(14(19)20)9-18(12)13/h10-11H,2-9H2,1H3,(H,19,20). The summed E-state index contributed by atoms with van der Waals surface area (Å²) < 4.78 is 2.05. The van der Waals surface area contributed by atoms with Gasteiger partial charge in [-0.2, -0.15) is 0 Å². The minimum Gasteiger partial charge on any atom is -0.481 e. The van der Waals surface area contributed by atoms with Gasteiger partial charge in [0.25, 0.3) is 0 Å². The molecular formula is C14H22N4O2. The van der Waals surface area contributed by atoms with Crippen molar-refractivity contribution in [1.29, 1.82) is 0 Å². The molecule has 1 aromatic rings. The Morgan fingerprint density at radius 1 is 1.35 bits per heavy atom. The molecule has 0 spiro atoms. The van der Waals surface area contributed by atoms with E-state index < -0.39 is 5.97 Å². The van der Waals surface area contributed by atoms with Crippen molar-refractivity contribution in [3.8, 4) is 0 Å². The second kappa shape index (κ2) is 5.52. The number of likely N-dealkylation sites (tertiary alicyclic amines) is 1. The minimum atomic E-state index is -0.701. The molecule has 0 saturated carbocycles. The van der Waals surface area contributed by atoms with Gasteiger partial charge in [-0.05, 0) is 38.8 Å². The number of carboxylic acids is 1. The zero-order valence-electron chi connectivity index (χ0n) is 12.0. The van der Waals surface area contributed by atoms with Crippen molar-refractivity contribution in [2.24, 2.45) is 11.8 Å². The van der Waals surface area contributed by atoms with Gasteiger partial charge in [-0.25, -0.2) is 0 Å². The van der Waals surface area contributed by atoms with Gasteiger partial charge in [-0.1, -0.05) is 0 Å². The molecule has 2 unspecified atom stereocenters. The second-order valence-electron chi connectivity index (χ2n) is 6.19. The Labute approximate surface area is 118 Å². The fraction of sp³-hybridized carbons (Fsp3) is 0.786. The first-order valence-electron chi connectivity index (χ1n) is 7.46. The van der Waals surface area contributed by atoms with E-state index in [1.165, 1.54) is 19.4 Å². The topological polar surface area (TPSA) is 71.2 Å². The van der Waals surface area contributed by atoms with Crippen LogP contribution in [0.4, 0.5) is 0 Å². The summed E-state index contributed by atoms with van der Waals surface area (Å²) in [4.78, 5) is 13.5. The number of nitrogens with zero attached hydrogens (tertiary/aromatic N) is 4.